The van der Waals surface area contributed by atoms with E-state index in [0.717, 1.165) is 27.1 Å². The number of aromatic nitrogens is 3. The van der Waals surface area contributed by atoms with Crippen LogP contribution in [0.2, 0.25) is 0 Å². The van der Waals surface area contributed by atoms with Gasteiger partial charge in [0.25, 0.3) is 5.91 Å². The molecule has 0 aliphatic heterocycles. The third-order valence-corrected chi connectivity index (χ3v) is 7.49. The Morgan fingerprint density at radius 3 is 2.55 bits per heavy atom. The summed E-state index contributed by atoms with van der Waals surface area (Å²) in [5.74, 6) is 1.70. The van der Waals surface area contributed by atoms with E-state index in [1.165, 1.54) is 44.3 Å². The van der Waals surface area contributed by atoms with Crippen LogP contribution in [0, 0.1) is 11.8 Å². The van der Waals surface area contributed by atoms with Crippen molar-refractivity contribution in [3.63, 3.8) is 0 Å². The summed E-state index contributed by atoms with van der Waals surface area (Å²) in [7, 11) is 0. The van der Waals surface area contributed by atoms with E-state index in [4.69, 9.17) is 4.98 Å². The number of nitrogens with zero attached hydrogens (tertiary/aromatic N) is 3. The molecule has 0 unspecified atom stereocenters. The van der Waals surface area contributed by atoms with Crippen LogP contribution in [0.4, 0.5) is 5.69 Å². The molecule has 0 radical (unpaired) electrons. The van der Waals surface area contributed by atoms with Crippen LogP contribution in [0.15, 0.2) is 30.7 Å². The first kappa shape index (κ1) is 21.8. The second kappa shape index (κ2) is 8.63. The van der Waals surface area contributed by atoms with Crippen molar-refractivity contribution in [2.45, 2.75) is 64.9 Å². The molecule has 2 N–H and O–H groups in total. The molecular weight excluding hydrogens is 408 g/mol. The highest BCUT2D eigenvalue weighted by atomic mass is 32.1. The minimum atomic E-state index is -1.13. The number of amides is 1. The fourth-order valence-corrected chi connectivity index (χ4v) is 5.57. The smallest absolute Gasteiger partial charge is 0.275 e. The van der Waals surface area contributed by atoms with Crippen LogP contribution in [-0.4, -0.2) is 26.0 Å². The summed E-state index contributed by atoms with van der Waals surface area (Å²) in [6.07, 6.45) is 9.31. The highest BCUT2D eigenvalue weighted by Crippen LogP contribution is 2.42. The molecule has 2 heterocycles. The van der Waals surface area contributed by atoms with Crippen LogP contribution in [0.3, 0.4) is 0 Å². The van der Waals surface area contributed by atoms with Crippen molar-refractivity contribution in [1.82, 2.24) is 15.0 Å². The molecule has 3 aromatic rings. The average molecular weight is 439 g/mol. The van der Waals surface area contributed by atoms with Crippen molar-refractivity contribution in [2.75, 3.05) is 5.32 Å². The van der Waals surface area contributed by atoms with E-state index < -0.39 is 5.60 Å². The number of rotatable bonds is 5. The number of thiazole rings is 1. The number of benzene rings is 1. The highest BCUT2D eigenvalue weighted by Gasteiger charge is 2.28. The molecular formula is C24H30N4O2S. The van der Waals surface area contributed by atoms with Crippen LogP contribution < -0.4 is 5.32 Å². The second-order valence-corrected chi connectivity index (χ2v) is 10.4. The van der Waals surface area contributed by atoms with E-state index >= 15 is 0 Å². The van der Waals surface area contributed by atoms with Crippen molar-refractivity contribution in [2.24, 2.45) is 11.8 Å². The van der Waals surface area contributed by atoms with Gasteiger partial charge in [-0.15, -0.1) is 11.3 Å². The molecule has 2 aromatic heterocycles. The molecule has 1 aromatic carbocycles. The number of fused-ring (bicyclic) bond motifs is 1. The molecule has 164 valence electrons. The number of carbonyl (C=O) groups excluding carboxylic acids is 1. The van der Waals surface area contributed by atoms with Gasteiger partial charge in [0, 0.05) is 29.6 Å². The number of aliphatic hydroxyl groups is 1. The van der Waals surface area contributed by atoms with Crippen LogP contribution in [0.25, 0.3) is 10.2 Å². The lowest BCUT2D eigenvalue weighted by molar-refractivity contribution is 0.0794. The topological polar surface area (TPSA) is 88.0 Å². The van der Waals surface area contributed by atoms with E-state index in [-0.39, 0.29) is 11.6 Å². The number of nitrogens with one attached hydrogen (secondary N) is 1. The van der Waals surface area contributed by atoms with Gasteiger partial charge in [-0.05, 0) is 63.5 Å². The van der Waals surface area contributed by atoms with Crippen LogP contribution in [-0.2, 0) is 5.60 Å². The second-order valence-electron chi connectivity index (χ2n) is 9.38. The number of carbonyl (C=O) groups is 1. The maximum Gasteiger partial charge on any atom is 0.275 e. The lowest BCUT2D eigenvalue weighted by atomic mass is 9.77. The first-order valence-electron chi connectivity index (χ1n) is 11.0. The van der Waals surface area contributed by atoms with E-state index in [1.54, 1.807) is 25.2 Å². The molecule has 0 bridgehead atoms. The standard InChI is InChI=1S/C24H30N4O2S/c1-14(2)15-5-7-16(8-6-15)23-28-19-11-17(24(3,4)30)18(12-21(19)31-23)27-22(29)20-13-25-9-10-26-20/h9-16,30H,5-8H2,1-4H3,(H,27,29)/t15-,16-. The SMILES string of the molecule is CC(C)[C@H]1CC[C@H](c2nc3cc(C(C)(C)O)c(NC(=O)c4cnccn4)cc3s2)CC1. The van der Waals surface area contributed by atoms with Gasteiger partial charge >= 0.3 is 0 Å². The number of hydrogen-bond acceptors (Lipinski definition) is 6. The Hall–Kier alpha value is -2.38. The summed E-state index contributed by atoms with van der Waals surface area (Å²) < 4.78 is 1.02. The monoisotopic (exact) mass is 438 g/mol. The molecule has 6 nitrogen and oxygen atoms in total. The van der Waals surface area contributed by atoms with Crippen molar-refractivity contribution >= 4 is 33.1 Å². The molecule has 0 spiro atoms. The Bertz CT molecular complexity index is 1060. The zero-order chi connectivity index (χ0) is 22.2. The van der Waals surface area contributed by atoms with Gasteiger partial charge in [-0.2, -0.15) is 0 Å². The maximum absolute atomic E-state index is 12.7. The summed E-state index contributed by atoms with van der Waals surface area (Å²) >= 11 is 1.70. The van der Waals surface area contributed by atoms with E-state index in [9.17, 15) is 9.90 Å². The summed E-state index contributed by atoms with van der Waals surface area (Å²) in [5, 5.41) is 14.8. The lowest BCUT2D eigenvalue weighted by Gasteiger charge is -2.29. The third kappa shape index (κ3) is 4.77. The van der Waals surface area contributed by atoms with Crippen LogP contribution in [0.5, 0.6) is 0 Å². The molecule has 7 heteroatoms. The minimum absolute atomic E-state index is 0.233. The predicted octanol–water partition coefficient (Wildman–Crippen LogP) is 5.50. The van der Waals surface area contributed by atoms with Gasteiger partial charge in [0.05, 0.1) is 27.0 Å². The zero-order valence-corrected chi connectivity index (χ0v) is 19.4. The Kier molecular flexibility index (Phi) is 6.08. The number of anilines is 1. The van der Waals surface area contributed by atoms with Gasteiger partial charge in [-0.25, -0.2) is 9.97 Å². The maximum atomic E-state index is 12.7. The average Bonchev–Trinajstić information content (AvgIpc) is 3.16. The quantitative estimate of drug-likeness (QED) is 0.549. The Morgan fingerprint density at radius 2 is 1.94 bits per heavy atom. The van der Waals surface area contributed by atoms with Crippen LogP contribution >= 0.6 is 11.3 Å². The van der Waals surface area contributed by atoms with Gasteiger partial charge in [0.15, 0.2) is 0 Å². The Balaban J connectivity index is 1.64. The lowest BCUT2D eigenvalue weighted by Crippen LogP contribution is -2.21. The van der Waals surface area contributed by atoms with E-state index in [1.807, 2.05) is 12.1 Å². The van der Waals surface area contributed by atoms with E-state index in [2.05, 4.69) is 29.1 Å². The highest BCUT2D eigenvalue weighted by molar-refractivity contribution is 7.18. The van der Waals surface area contributed by atoms with Crippen LogP contribution in [0.1, 0.15) is 80.4 Å². The summed E-state index contributed by atoms with van der Waals surface area (Å²) in [6.45, 7) is 8.06. The third-order valence-electron chi connectivity index (χ3n) is 6.31. The van der Waals surface area contributed by atoms with Crippen molar-refractivity contribution in [3.05, 3.63) is 47.0 Å². The van der Waals surface area contributed by atoms with Crippen molar-refractivity contribution < 1.29 is 9.90 Å². The fourth-order valence-electron chi connectivity index (χ4n) is 4.41. The van der Waals surface area contributed by atoms with Gasteiger partial charge in [0.1, 0.15) is 5.69 Å². The molecule has 1 aliphatic rings. The normalized spacial score (nSPS) is 19.7. The van der Waals surface area contributed by atoms with Gasteiger partial charge in [-0.3, -0.25) is 9.78 Å². The minimum Gasteiger partial charge on any atom is -0.386 e. The van der Waals surface area contributed by atoms with Crippen molar-refractivity contribution in [3.8, 4) is 0 Å². The molecule has 0 atom stereocenters. The van der Waals surface area contributed by atoms with Crippen molar-refractivity contribution in [1.29, 1.82) is 0 Å². The largest absolute Gasteiger partial charge is 0.386 e. The first-order chi connectivity index (χ1) is 14.7. The summed E-state index contributed by atoms with van der Waals surface area (Å²) in [6, 6.07) is 3.83. The van der Waals surface area contributed by atoms with Gasteiger partial charge in [-0.1, -0.05) is 13.8 Å². The first-order valence-corrected chi connectivity index (χ1v) is 11.8. The summed E-state index contributed by atoms with van der Waals surface area (Å²) in [5.41, 5.74) is 1.20. The van der Waals surface area contributed by atoms with Gasteiger partial charge < -0.3 is 10.4 Å². The van der Waals surface area contributed by atoms with Gasteiger partial charge in [0.2, 0.25) is 0 Å². The zero-order valence-electron chi connectivity index (χ0n) is 18.6. The Morgan fingerprint density at radius 1 is 1.19 bits per heavy atom. The molecule has 4 rings (SSSR count). The molecule has 1 aliphatic carbocycles. The summed E-state index contributed by atoms with van der Waals surface area (Å²) in [4.78, 5) is 25.6. The Labute approximate surface area is 187 Å². The molecule has 1 saturated carbocycles. The number of hydrogen-bond donors (Lipinski definition) is 2. The molecule has 0 saturated heterocycles. The molecule has 31 heavy (non-hydrogen) atoms. The molecule has 1 fully saturated rings. The fraction of sp³-hybridized carbons (Fsp3) is 0.500. The van der Waals surface area contributed by atoms with E-state index in [0.29, 0.717) is 17.2 Å². The molecule has 1 amide bonds. The predicted molar refractivity (Wildman–Crippen MR) is 124 cm³/mol.